The molecule has 0 N–H and O–H groups in total. The maximum Gasteiger partial charge on any atom is 0.164 e. The molecule has 5 nitrogen and oxygen atoms in total. The van der Waals surface area contributed by atoms with Crippen molar-refractivity contribution in [1.82, 2.24) is 19.5 Å². The minimum Gasteiger partial charge on any atom is -0.456 e. The Bertz CT molecular complexity index is 3250. The van der Waals surface area contributed by atoms with E-state index in [2.05, 4.69) is 150 Å². The topological polar surface area (TPSA) is 56.7 Å². The van der Waals surface area contributed by atoms with E-state index in [4.69, 9.17) is 19.4 Å². The van der Waals surface area contributed by atoms with Crippen LogP contribution in [0.1, 0.15) is 0 Å². The minimum absolute atomic E-state index is 0.615. The third-order valence-electron chi connectivity index (χ3n) is 10.6. The number of para-hydroxylation sites is 2. The molecule has 0 amide bonds. The number of fused-ring (bicyclic) bond motifs is 6. The molecule has 0 fully saturated rings. The summed E-state index contributed by atoms with van der Waals surface area (Å²) in [5.41, 5.74) is 12.4. The van der Waals surface area contributed by atoms with E-state index in [1.807, 2.05) is 48.5 Å². The second kappa shape index (κ2) is 13.0. The molecule has 3 aromatic heterocycles. The first-order valence-electron chi connectivity index (χ1n) is 18.8. The number of aromatic nitrogens is 4. The van der Waals surface area contributed by atoms with Crippen LogP contribution in [0.15, 0.2) is 199 Å². The highest BCUT2D eigenvalue weighted by atomic mass is 16.3. The summed E-state index contributed by atoms with van der Waals surface area (Å²) in [7, 11) is 0. The molecule has 0 aliphatic rings. The predicted molar refractivity (Wildman–Crippen MR) is 229 cm³/mol. The standard InChI is InChI=1S/C51H32N4O/c1-3-14-33(15-4-1)35-18-11-19-37(30-35)50-52-49(34-16-5-2-6-17-34)53-51(54-50)38-20-12-21-39(31-38)55-44-25-9-7-22-41(44)43-32-36(28-29-45(43)55)40-24-13-27-47-48(40)42-23-8-10-26-46(42)56-47/h1-32H. The van der Waals surface area contributed by atoms with E-state index in [0.29, 0.717) is 17.5 Å². The average molecular weight is 717 g/mol. The first-order valence-corrected chi connectivity index (χ1v) is 18.8. The van der Waals surface area contributed by atoms with Gasteiger partial charge in [-0.15, -0.1) is 0 Å². The molecule has 8 aromatic carbocycles. The van der Waals surface area contributed by atoms with Crippen LogP contribution in [0.25, 0.3) is 106 Å². The van der Waals surface area contributed by atoms with Crippen molar-refractivity contribution in [2.45, 2.75) is 0 Å². The second-order valence-electron chi connectivity index (χ2n) is 14.0. The summed E-state index contributed by atoms with van der Waals surface area (Å²) in [4.78, 5) is 15.2. The largest absolute Gasteiger partial charge is 0.456 e. The lowest BCUT2D eigenvalue weighted by Gasteiger charge is -2.12. The molecule has 0 aliphatic heterocycles. The van der Waals surface area contributed by atoms with Crippen LogP contribution in [0.3, 0.4) is 0 Å². The third-order valence-corrected chi connectivity index (χ3v) is 10.6. The summed E-state index contributed by atoms with van der Waals surface area (Å²) in [6.07, 6.45) is 0. The average Bonchev–Trinajstić information content (AvgIpc) is 3.83. The molecule has 11 aromatic rings. The number of hydrogen-bond acceptors (Lipinski definition) is 4. The van der Waals surface area contributed by atoms with Gasteiger partial charge < -0.3 is 8.98 Å². The maximum atomic E-state index is 6.25. The molecule has 0 radical (unpaired) electrons. The summed E-state index contributed by atoms with van der Waals surface area (Å²) < 4.78 is 8.59. The van der Waals surface area contributed by atoms with Crippen LogP contribution in [0.5, 0.6) is 0 Å². The summed E-state index contributed by atoms with van der Waals surface area (Å²) >= 11 is 0. The maximum absolute atomic E-state index is 6.25. The number of benzene rings is 8. The first-order chi connectivity index (χ1) is 27.7. The van der Waals surface area contributed by atoms with Gasteiger partial charge in [-0.3, -0.25) is 0 Å². The highest BCUT2D eigenvalue weighted by Crippen LogP contribution is 2.40. The molecule has 262 valence electrons. The van der Waals surface area contributed by atoms with Crippen molar-refractivity contribution in [3.63, 3.8) is 0 Å². The van der Waals surface area contributed by atoms with E-state index in [0.717, 1.165) is 77.6 Å². The molecule has 0 aliphatic carbocycles. The van der Waals surface area contributed by atoms with Gasteiger partial charge in [0.05, 0.1) is 11.0 Å². The van der Waals surface area contributed by atoms with Gasteiger partial charge in [-0.2, -0.15) is 0 Å². The van der Waals surface area contributed by atoms with Gasteiger partial charge in [0.2, 0.25) is 0 Å². The van der Waals surface area contributed by atoms with Crippen LogP contribution in [0.2, 0.25) is 0 Å². The molecule has 0 unspecified atom stereocenters. The Morgan fingerprint density at radius 3 is 1.71 bits per heavy atom. The van der Waals surface area contributed by atoms with Crippen LogP contribution in [0, 0.1) is 0 Å². The van der Waals surface area contributed by atoms with Gasteiger partial charge >= 0.3 is 0 Å². The van der Waals surface area contributed by atoms with Gasteiger partial charge in [-0.25, -0.2) is 15.0 Å². The Morgan fingerprint density at radius 1 is 0.339 bits per heavy atom. The van der Waals surface area contributed by atoms with Crippen LogP contribution in [-0.2, 0) is 0 Å². The molecule has 3 heterocycles. The zero-order chi connectivity index (χ0) is 37.0. The fourth-order valence-corrected chi connectivity index (χ4v) is 8.04. The first kappa shape index (κ1) is 31.9. The summed E-state index contributed by atoms with van der Waals surface area (Å²) in [5.74, 6) is 1.87. The Labute approximate surface area is 322 Å². The lowest BCUT2D eigenvalue weighted by Crippen LogP contribution is -2.01. The van der Waals surface area contributed by atoms with Gasteiger partial charge in [0.15, 0.2) is 17.5 Å². The monoisotopic (exact) mass is 716 g/mol. The number of rotatable bonds is 6. The molecular formula is C51H32N4O. The van der Waals surface area contributed by atoms with E-state index in [-0.39, 0.29) is 0 Å². The van der Waals surface area contributed by atoms with Crippen molar-refractivity contribution in [1.29, 1.82) is 0 Å². The van der Waals surface area contributed by atoms with Crippen LogP contribution in [-0.4, -0.2) is 19.5 Å². The van der Waals surface area contributed by atoms with Crippen LogP contribution in [0.4, 0.5) is 0 Å². The SMILES string of the molecule is c1ccc(-c2cccc(-c3nc(-c4ccccc4)nc(-c4cccc(-n5c6ccccc6c6cc(-c7cccc8oc9ccccc9c78)ccc65)c4)n3)c2)cc1. The van der Waals surface area contributed by atoms with E-state index < -0.39 is 0 Å². The lowest BCUT2D eigenvalue weighted by molar-refractivity contribution is 0.669. The molecule has 0 spiro atoms. The van der Waals surface area contributed by atoms with E-state index in [1.54, 1.807) is 0 Å². The van der Waals surface area contributed by atoms with Crippen molar-refractivity contribution in [3.8, 4) is 62.1 Å². The van der Waals surface area contributed by atoms with E-state index >= 15 is 0 Å². The van der Waals surface area contributed by atoms with Crippen molar-refractivity contribution >= 4 is 43.7 Å². The molecule has 11 rings (SSSR count). The number of furan rings is 1. The Hall–Kier alpha value is -7.63. The second-order valence-corrected chi connectivity index (χ2v) is 14.0. The third kappa shape index (κ3) is 5.37. The summed E-state index contributed by atoms with van der Waals surface area (Å²) in [5, 5.41) is 4.63. The fraction of sp³-hybridized carbons (Fsp3) is 0. The van der Waals surface area contributed by atoms with Crippen molar-refractivity contribution < 1.29 is 4.42 Å². The summed E-state index contributed by atoms with van der Waals surface area (Å²) in [6.45, 7) is 0. The highest BCUT2D eigenvalue weighted by Gasteiger charge is 2.18. The molecule has 56 heavy (non-hydrogen) atoms. The Morgan fingerprint density at radius 2 is 0.911 bits per heavy atom. The van der Waals surface area contributed by atoms with Crippen LogP contribution >= 0.6 is 0 Å². The van der Waals surface area contributed by atoms with Gasteiger partial charge in [0.1, 0.15) is 11.2 Å². The van der Waals surface area contributed by atoms with E-state index in [9.17, 15) is 0 Å². The van der Waals surface area contributed by atoms with E-state index in [1.165, 1.54) is 10.8 Å². The summed E-state index contributed by atoms with van der Waals surface area (Å²) in [6, 6.07) is 67.5. The predicted octanol–water partition coefficient (Wildman–Crippen LogP) is 13.2. The quantitative estimate of drug-likeness (QED) is 0.172. The number of nitrogens with zero attached hydrogens (tertiary/aromatic N) is 4. The smallest absolute Gasteiger partial charge is 0.164 e. The van der Waals surface area contributed by atoms with Gasteiger partial charge in [-0.05, 0) is 70.8 Å². The van der Waals surface area contributed by atoms with Crippen LogP contribution < -0.4 is 0 Å². The molecule has 0 saturated heterocycles. The minimum atomic E-state index is 0.615. The molecule has 0 saturated carbocycles. The van der Waals surface area contributed by atoms with Gasteiger partial charge in [0.25, 0.3) is 0 Å². The van der Waals surface area contributed by atoms with Crippen molar-refractivity contribution in [3.05, 3.63) is 194 Å². The molecule has 0 bridgehead atoms. The zero-order valence-corrected chi connectivity index (χ0v) is 30.2. The molecule has 0 atom stereocenters. The normalized spacial score (nSPS) is 11.6. The Balaban J connectivity index is 1.06. The van der Waals surface area contributed by atoms with Gasteiger partial charge in [-0.1, -0.05) is 146 Å². The molecule has 5 heteroatoms. The van der Waals surface area contributed by atoms with Crippen molar-refractivity contribution in [2.75, 3.05) is 0 Å². The Kier molecular flexibility index (Phi) is 7.42. The van der Waals surface area contributed by atoms with Crippen molar-refractivity contribution in [2.24, 2.45) is 0 Å². The highest BCUT2D eigenvalue weighted by molar-refractivity contribution is 6.15. The lowest BCUT2D eigenvalue weighted by atomic mass is 9.98. The number of hydrogen-bond donors (Lipinski definition) is 0. The molecular weight excluding hydrogens is 685 g/mol. The zero-order valence-electron chi connectivity index (χ0n) is 30.2. The fourth-order valence-electron chi connectivity index (χ4n) is 8.04. The van der Waals surface area contributed by atoms with Gasteiger partial charge in [0, 0.05) is 43.9 Å².